The summed E-state index contributed by atoms with van der Waals surface area (Å²) in [6, 6.07) is 26.2. The van der Waals surface area contributed by atoms with Crippen LogP contribution in [-0.4, -0.2) is 10.2 Å². The highest BCUT2D eigenvalue weighted by Gasteiger charge is 2.23. The van der Waals surface area contributed by atoms with Crippen LogP contribution in [-0.2, 0) is 11.2 Å². The molecule has 0 saturated carbocycles. The van der Waals surface area contributed by atoms with E-state index in [0.717, 1.165) is 11.1 Å². The van der Waals surface area contributed by atoms with Crippen LogP contribution in [0.5, 0.6) is 0 Å². The lowest BCUT2D eigenvalue weighted by Crippen LogP contribution is -2.21. The van der Waals surface area contributed by atoms with Gasteiger partial charge in [-0.25, -0.2) is 0 Å². The molecule has 2 heteroatoms. The molecule has 28 heavy (non-hydrogen) atoms. The van der Waals surface area contributed by atoms with Crippen molar-refractivity contribution in [3.63, 3.8) is 0 Å². The molecule has 3 aromatic carbocycles. The summed E-state index contributed by atoms with van der Waals surface area (Å²) in [6.45, 7) is 3.32. The first-order chi connectivity index (χ1) is 13.4. The van der Waals surface area contributed by atoms with Crippen LogP contribution >= 0.6 is 0 Å². The summed E-state index contributed by atoms with van der Waals surface area (Å²) in [6.07, 6.45) is 0. The van der Waals surface area contributed by atoms with Crippen molar-refractivity contribution in [1.29, 1.82) is 0 Å². The summed E-state index contributed by atoms with van der Waals surface area (Å²) >= 11 is 0. The van der Waals surface area contributed by atoms with Crippen molar-refractivity contribution in [2.45, 2.75) is 25.0 Å². The molecule has 0 aliphatic heterocycles. The van der Waals surface area contributed by atoms with Crippen molar-refractivity contribution < 1.29 is 10.2 Å². The number of hydrogen-bond acceptors (Lipinski definition) is 2. The summed E-state index contributed by atoms with van der Waals surface area (Å²) < 4.78 is 0. The van der Waals surface area contributed by atoms with Crippen molar-refractivity contribution in [2.75, 3.05) is 0 Å². The van der Waals surface area contributed by atoms with Gasteiger partial charge in [0.25, 0.3) is 0 Å². The zero-order valence-corrected chi connectivity index (χ0v) is 16.0. The fourth-order valence-electron chi connectivity index (χ4n) is 2.69. The molecule has 138 valence electrons. The summed E-state index contributed by atoms with van der Waals surface area (Å²) in [5.74, 6) is 11.8. The molecular formula is C26H22O2. The Labute approximate surface area is 166 Å². The number of benzene rings is 3. The summed E-state index contributed by atoms with van der Waals surface area (Å²) in [5, 5.41) is 21.5. The lowest BCUT2D eigenvalue weighted by Gasteiger charge is -2.21. The van der Waals surface area contributed by atoms with Crippen molar-refractivity contribution in [3.05, 3.63) is 107 Å². The minimum absolute atomic E-state index is 0.659. The first kappa shape index (κ1) is 19.5. The van der Waals surface area contributed by atoms with E-state index in [1.165, 1.54) is 0 Å². The molecule has 0 saturated heterocycles. The summed E-state index contributed by atoms with van der Waals surface area (Å²) in [5.41, 5.74) is 0.418. The van der Waals surface area contributed by atoms with Gasteiger partial charge in [-0.3, -0.25) is 0 Å². The Hall–Kier alpha value is -3.30. The molecule has 3 aromatic rings. The van der Waals surface area contributed by atoms with E-state index < -0.39 is 11.2 Å². The molecule has 0 aliphatic rings. The Kier molecular flexibility index (Phi) is 5.67. The van der Waals surface area contributed by atoms with Crippen LogP contribution in [0.1, 0.15) is 36.1 Å². The maximum absolute atomic E-state index is 10.7. The van der Waals surface area contributed by atoms with Crippen LogP contribution in [0.4, 0.5) is 0 Å². The van der Waals surface area contributed by atoms with Gasteiger partial charge < -0.3 is 10.2 Å². The number of hydrogen-bond donors (Lipinski definition) is 2. The van der Waals surface area contributed by atoms with E-state index in [0.29, 0.717) is 11.1 Å². The molecule has 0 amide bonds. The highest BCUT2D eigenvalue weighted by atomic mass is 16.3. The quantitative estimate of drug-likeness (QED) is 0.667. The lowest BCUT2D eigenvalue weighted by atomic mass is 9.90. The Morgan fingerprint density at radius 1 is 0.536 bits per heavy atom. The SMILES string of the molecule is C[C@@](O)(C#Cc1ccccc1)c1ccc([C@](C)(O)C#Cc2ccccc2)cc1. The summed E-state index contributed by atoms with van der Waals surface area (Å²) in [4.78, 5) is 0. The van der Waals surface area contributed by atoms with E-state index in [9.17, 15) is 10.2 Å². The third-order valence-electron chi connectivity index (χ3n) is 4.46. The lowest BCUT2D eigenvalue weighted by molar-refractivity contribution is 0.118. The Morgan fingerprint density at radius 2 is 0.857 bits per heavy atom. The van der Waals surface area contributed by atoms with Gasteiger partial charge in [0.1, 0.15) is 11.2 Å². The maximum atomic E-state index is 10.7. The average molecular weight is 366 g/mol. The minimum Gasteiger partial charge on any atom is -0.374 e. The normalized spacial score (nSPS) is 14.4. The predicted molar refractivity (Wildman–Crippen MR) is 112 cm³/mol. The largest absolute Gasteiger partial charge is 0.374 e. The fourth-order valence-corrected chi connectivity index (χ4v) is 2.69. The number of aliphatic hydroxyl groups is 2. The van der Waals surface area contributed by atoms with Gasteiger partial charge in [-0.2, -0.15) is 0 Å². The van der Waals surface area contributed by atoms with Crippen molar-refractivity contribution in [3.8, 4) is 23.7 Å². The second-order valence-corrected chi connectivity index (χ2v) is 6.95. The maximum Gasteiger partial charge on any atom is 0.148 e. The number of rotatable bonds is 2. The average Bonchev–Trinajstić information content (AvgIpc) is 2.73. The van der Waals surface area contributed by atoms with Gasteiger partial charge in [0.05, 0.1) is 0 Å². The van der Waals surface area contributed by atoms with Gasteiger partial charge in [0, 0.05) is 11.1 Å². The van der Waals surface area contributed by atoms with Crippen LogP contribution in [0.25, 0.3) is 0 Å². The van der Waals surface area contributed by atoms with Crippen LogP contribution in [0, 0.1) is 23.7 Å². The zero-order chi connectivity index (χ0) is 20.0. The zero-order valence-electron chi connectivity index (χ0n) is 16.0. The van der Waals surface area contributed by atoms with E-state index in [2.05, 4.69) is 23.7 Å². The van der Waals surface area contributed by atoms with E-state index in [4.69, 9.17) is 0 Å². The molecule has 0 aliphatic carbocycles. The molecule has 2 atom stereocenters. The monoisotopic (exact) mass is 366 g/mol. The highest BCUT2D eigenvalue weighted by molar-refractivity contribution is 5.43. The van der Waals surface area contributed by atoms with Gasteiger partial charge in [0.15, 0.2) is 0 Å². The third-order valence-corrected chi connectivity index (χ3v) is 4.46. The Bertz CT molecular complexity index is 951. The first-order valence-electron chi connectivity index (χ1n) is 9.09. The molecule has 0 spiro atoms. The second kappa shape index (κ2) is 8.15. The highest BCUT2D eigenvalue weighted by Crippen LogP contribution is 2.25. The fraction of sp³-hybridized carbons (Fsp3) is 0.154. The van der Waals surface area contributed by atoms with E-state index in [1.54, 1.807) is 38.1 Å². The van der Waals surface area contributed by atoms with Crippen LogP contribution in [0.15, 0.2) is 84.9 Å². The van der Waals surface area contributed by atoms with E-state index in [-0.39, 0.29) is 0 Å². The van der Waals surface area contributed by atoms with Crippen LogP contribution in [0.3, 0.4) is 0 Å². The smallest absolute Gasteiger partial charge is 0.148 e. The molecule has 0 radical (unpaired) electrons. The molecular weight excluding hydrogens is 344 g/mol. The van der Waals surface area contributed by atoms with Crippen molar-refractivity contribution >= 4 is 0 Å². The standard InChI is InChI=1S/C26H22O2/c1-25(27,19-17-21-9-5-3-6-10-21)23-13-15-24(16-14-23)26(2,28)20-18-22-11-7-4-8-12-22/h3-16,27-28H,1-2H3/t25-,26-/m1/s1. The van der Waals surface area contributed by atoms with Gasteiger partial charge in [-0.15, -0.1) is 0 Å². The topological polar surface area (TPSA) is 40.5 Å². The second-order valence-electron chi connectivity index (χ2n) is 6.95. The van der Waals surface area contributed by atoms with E-state index >= 15 is 0 Å². The molecule has 0 aromatic heterocycles. The molecule has 0 unspecified atom stereocenters. The molecule has 0 fully saturated rings. The van der Waals surface area contributed by atoms with Gasteiger partial charge >= 0.3 is 0 Å². The van der Waals surface area contributed by atoms with Crippen LogP contribution in [0.2, 0.25) is 0 Å². The predicted octanol–water partition coefficient (Wildman–Crippen LogP) is 4.21. The molecule has 2 nitrogen and oxygen atoms in total. The summed E-state index contributed by atoms with van der Waals surface area (Å²) in [7, 11) is 0. The van der Waals surface area contributed by atoms with Gasteiger partial charge in [-0.05, 0) is 49.2 Å². The van der Waals surface area contributed by atoms with Crippen LogP contribution < -0.4 is 0 Å². The Morgan fingerprint density at radius 3 is 1.18 bits per heavy atom. The van der Waals surface area contributed by atoms with E-state index in [1.807, 2.05) is 60.7 Å². The van der Waals surface area contributed by atoms with Gasteiger partial charge in [-0.1, -0.05) is 84.3 Å². The van der Waals surface area contributed by atoms with Crippen molar-refractivity contribution in [1.82, 2.24) is 0 Å². The molecule has 0 bridgehead atoms. The Balaban J connectivity index is 1.81. The molecule has 3 rings (SSSR count). The van der Waals surface area contributed by atoms with Crippen molar-refractivity contribution in [2.24, 2.45) is 0 Å². The minimum atomic E-state index is -1.30. The third kappa shape index (κ3) is 4.90. The van der Waals surface area contributed by atoms with Gasteiger partial charge in [0.2, 0.25) is 0 Å². The first-order valence-corrected chi connectivity index (χ1v) is 9.09. The molecule has 2 N–H and O–H groups in total. The molecule has 0 heterocycles.